The van der Waals surface area contributed by atoms with Gasteiger partial charge >= 0.3 is 0 Å². The van der Waals surface area contributed by atoms with Gasteiger partial charge in [-0.2, -0.15) is 0 Å². The lowest BCUT2D eigenvalue weighted by atomic mass is 10.1. The Kier molecular flexibility index (Phi) is 9.29. The van der Waals surface area contributed by atoms with Gasteiger partial charge in [-0.1, -0.05) is 19.8 Å². The lowest BCUT2D eigenvalue weighted by molar-refractivity contribution is -0.114. The number of hydrogen-bond acceptors (Lipinski definition) is 4. The van der Waals surface area contributed by atoms with Crippen molar-refractivity contribution in [1.82, 2.24) is 4.72 Å². The Morgan fingerprint density at radius 3 is 2.57 bits per heavy atom. The molecule has 1 unspecified atom stereocenters. The Labute approximate surface area is 142 Å². The van der Waals surface area contributed by atoms with Crippen molar-refractivity contribution in [1.29, 1.82) is 0 Å². The molecule has 1 atom stereocenters. The van der Waals surface area contributed by atoms with Crippen molar-refractivity contribution in [2.45, 2.75) is 44.0 Å². The first-order valence-electron chi connectivity index (χ1n) is 7.09. The van der Waals surface area contributed by atoms with Crippen LogP contribution < -0.4 is 15.8 Å². The molecular formula is C14H23ClFN3O3S. The third-order valence-electron chi connectivity index (χ3n) is 3.07. The van der Waals surface area contributed by atoms with Crippen LogP contribution in [0.4, 0.5) is 10.1 Å². The number of sulfonamides is 1. The van der Waals surface area contributed by atoms with Crippen molar-refractivity contribution in [3.8, 4) is 0 Å². The number of benzene rings is 1. The molecule has 0 spiro atoms. The number of amides is 1. The quantitative estimate of drug-likeness (QED) is 0.654. The molecule has 23 heavy (non-hydrogen) atoms. The minimum atomic E-state index is -3.83. The van der Waals surface area contributed by atoms with Crippen LogP contribution in [0.2, 0.25) is 0 Å². The average molecular weight is 368 g/mol. The Bertz CT molecular complexity index is 626. The molecule has 0 aliphatic heterocycles. The summed E-state index contributed by atoms with van der Waals surface area (Å²) in [5.74, 6) is -1.18. The van der Waals surface area contributed by atoms with Crippen molar-refractivity contribution in [3.63, 3.8) is 0 Å². The smallest absolute Gasteiger partial charge is 0.240 e. The normalized spacial score (nSPS) is 12.3. The zero-order valence-electron chi connectivity index (χ0n) is 13.1. The van der Waals surface area contributed by atoms with Gasteiger partial charge in [-0.25, -0.2) is 17.5 Å². The molecule has 0 radical (unpaired) electrons. The van der Waals surface area contributed by atoms with Crippen molar-refractivity contribution in [2.24, 2.45) is 5.73 Å². The highest BCUT2D eigenvalue weighted by Crippen LogP contribution is 2.20. The molecule has 0 heterocycles. The van der Waals surface area contributed by atoms with Gasteiger partial charge in [-0.05, 0) is 24.6 Å². The summed E-state index contributed by atoms with van der Waals surface area (Å²) in [4.78, 5) is 10.9. The van der Waals surface area contributed by atoms with E-state index in [1.807, 2.05) is 6.92 Å². The molecule has 0 aliphatic carbocycles. The summed E-state index contributed by atoms with van der Waals surface area (Å²) in [7, 11) is -3.83. The van der Waals surface area contributed by atoms with E-state index in [1.54, 1.807) is 0 Å². The molecule has 4 N–H and O–H groups in total. The third-order valence-corrected chi connectivity index (χ3v) is 4.59. The van der Waals surface area contributed by atoms with Crippen LogP contribution in [0.3, 0.4) is 0 Å². The molecule has 0 saturated heterocycles. The topological polar surface area (TPSA) is 101 Å². The van der Waals surface area contributed by atoms with Crippen molar-refractivity contribution >= 4 is 34.0 Å². The van der Waals surface area contributed by atoms with Crippen LogP contribution >= 0.6 is 12.4 Å². The fraction of sp³-hybridized carbons (Fsp3) is 0.500. The first-order valence-corrected chi connectivity index (χ1v) is 8.58. The molecule has 1 aromatic rings. The highest BCUT2D eigenvalue weighted by atomic mass is 35.5. The summed E-state index contributed by atoms with van der Waals surface area (Å²) >= 11 is 0. The van der Waals surface area contributed by atoms with Gasteiger partial charge in [0.15, 0.2) is 0 Å². The van der Waals surface area contributed by atoms with Gasteiger partial charge in [0.05, 0.1) is 10.6 Å². The van der Waals surface area contributed by atoms with E-state index in [2.05, 4.69) is 10.0 Å². The van der Waals surface area contributed by atoms with E-state index in [-0.39, 0.29) is 35.6 Å². The monoisotopic (exact) mass is 367 g/mol. The minimum Gasteiger partial charge on any atom is -0.329 e. The van der Waals surface area contributed by atoms with Crippen LogP contribution in [0.5, 0.6) is 0 Å². The number of nitrogens with one attached hydrogen (secondary N) is 2. The molecule has 0 saturated carbocycles. The van der Waals surface area contributed by atoms with Gasteiger partial charge in [-0.15, -0.1) is 12.4 Å². The first-order chi connectivity index (χ1) is 10.3. The van der Waals surface area contributed by atoms with Crippen LogP contribution in [0.25, 0.3) is 0 Å². The lowest BCUT2D eigenvalue weighted by Gasteiger charge is -2.17. The molecule has 0 fully saturated rings. The summed E-state index contributed by atoms with van der Waals surface area (Å²) in [6.45, 7) is 3.40. The fourth-order valence-electron chi connectivity index (χ4n) is 1.92. The highest BCUT2D eigenvalue weighted by molar-refractivity contribution is 7.89. The fourth-order valence-corrected chi connectivity index (χ4v) is 3.23. The molecule has 0 aliphatic rings. The maximum Gasteiger partial charge on any atom is 0.240 e. The SMILES string of the molecule is CCCCC(CN)NS(=O)(=O)c1ccc(F)c(NC(C)=O)c1.Cl. The van der Waals surface area contributed by atoms with Crippen LogP contribution in [0, 0.1) is 5.82 Å². The second-order valence-corrected chi connectivity index (χ2v) is 6.73. The molecule has 9 heteroatoms. The van der Waals surface area contributed by atoms with Gasteiger partial charge in [0, 0.05) is 19.5 Å². The van der Waals surface area contributed by atoms with E-state index >= 15 is 0 Å². The molecule has 1 aromatic carbocycles. The van der Waals surface area contributed by atoms with Crippen LogP contribution in [0.1, 0.15) is 33.1 Å². The largest absolute Gasteiger partial charge is 0.329 e. The maximum absolute atomic E-state index is 13.6. The molecule has 6 nitrogen and oxygen atoms in total. The van der Waals surface area contributed by atoms with E-state index in [0.717, 1.165) is 31.0 Å². The lowest BCUT2D eigenvalue weighted by Crippen LogP contribution is -2.40. The van der Waals surface area contributed by atoms with Gasteiger partial charge in [0.2, 0.25) is 15.9 Å². The summed E-state index contributed by atoms with van der Waals surface area (Å²) in [5, 5.41) is 2.26. The van der Waals surface area contributed by atoms with Crippen LogP contribution in [-0.2, 0) is 14.8 Å². The second kappa shape index (κ2) is 9.82. The zero-order valence-corrected chi connectivity index (χ0v) is 14.8. The Balaban J connectivity index is 0.00000484. The predicted molar refractivity (Wildman–Crippen MR) is 90.6 cm³/mol. The standard InChI is InChI=1S/C14H22FN3O3S.ClH/c1-3-4-5-11(9-16)18-22(20,21)12-6-7-13(15)14(8-12)17-10(2)19;/h6-8,11,18H,3-5,9,16H2,1-2H3,(H,17,19);1H. The number of carbonyl (C=O) groups excluding carboxylic acids is 1. The van der Waals surface area contributed by atoms with E-state index in [4.69, 9.17) is 5.73 Å². The number of anilines is 1. The summed E-state index contributed by atoms with van der Waals surface area (Å²) < 4.78 is 40.7. The van der Waals surface area contributed by atoms with E-state index in [0.29, 0.717) is 6.42 Å². The third kappa shape index (κ3) is 6.82. The molecule has 132 valence electrons. The van der Waals surface area contributed by atoms with Crippen LogP contribution in [-0.4, -0.2) is 26.9 Å². The van der Waals surface area contributed by atoms with Crippen LogP contribution in [0.15, 0.2) is 23.1 Å². The van der Waals surface area contributed by atoms with Crippen molar-refractivity contribution < 1.29 is 17.6 Å². The number of halogens is 2. The Morgan fingerprint density at radius 2 is 2.04 bits per heavy atom. The van der Waals surface area contributed by atoms with E-state index < -0.39 is 21.7 Å². The Hall–Kier alpha value is -1.22. The highest BCUT2D eigenvalue weighted by Gasteiger charge is 2.20. The van der Waals surface area contributed by atoms with Gasteiger partial charge in [0.25, 0.3) is 0 Å². The summed E-state index contributed by atoms with van der Waals surface area (Å²) in [5.41, 5.74) is 5.40. The summed E-state index contributed by atoms with van der Waals surface area (Å²) in [6.07, 6.45) is 2.42. The number of hydrogen-bond donors (Lipinski definition) is 3. The minimum absolute atomic E-state index is 0. The second-order valence-electron chi connectivity index (χ2n) is 5.02. The number of nitrogens with two attached hydrogens (primary N) is 1. The van der Waals surface area contributed by atoms with Gasteiger partial charge in [-0.3, -0.25) is 4.79 Å². The first kappa shape index (κ1) is 21.8. The average Bonchev–Trinajstić information content (AvgIpc) is 2.45. The molecule has 0 bridgehead atoms. The number of rotatable bonds is 8. The predicted octanol–water partition coefficient (Wildman–Crippen LogP) is 2.00. The van der Waals surface area contributed by atoms with E-state index in [9.17, 15) is 17.6 Å². The Morgan fingerprint density at radius 1 is 1.39 bits per heavy atom. The molecule has 1 amide bonds. The molecule has 0 aromatic heterocycles. The maximum atomic E-state index is 13.6. The zero-order chi connectivity index (χ0) is 16.8. The summed E-state index contributed by atoms with van der Waals surface area (Å²) in [6, 6.07) is 2.87. The van der Waals surface area contributed by atoms with E-state index in [1.165, 1.54) is 6.92 Å². The van der Waals surface area contributed by atoms with Gasteiger partial charge < -0.3 is 11.1 Å². The van der Waals surface area contributed by atoms with Crippen molar-refractivity contribution in [2.75, 3.05) is 11.9 Å². The number of carbonyl (C=O) groups is 1. The van der Waals surface area contributed by atoms with Gasteiger partial charge in [0.1, 0.15) is 5.82 Å². The molecular weight excluding hydrogens is 345 g/mol. The molecule has 1 rings (SSSR count). The number of unbranched alkanes of at least 4 members (excludes halogenated alkanes) is 1. The van der Waals surface area contributed by atoms with Crippen molar-refractivity contribution in [3.05, 3.63) is 24.0 Å².